The van der Waals surface area contributed by atoms with Gasteiger partial charge >= 0.3 is 5.97 Å². The van der Waals surface area contributed by atoms with Crippen LogP contribution >= 0.6 is 0 Å². The highest BCUT2D eigenvalue weighted by atomic mass is 16.5. The smallest absolute Gasteiger partial charge is 0.326 e. The van der Waals surface area contributed by atoms with Gasteiger partial charge in [0.15, 0.2) is 0 Å². The summed E-state index contributed by atoms with van der Waals surface area (Å²) in [6.45, 7) is 1.90. The maximum atomic E-state index is 13.0. The summed E-state index contributed by atoms with van der Waals surface area (Å²) in [5, 5.41) is 0. The summed E-state index contributed by atoms with van der Waals surface area (Å²) in [5.74, 6) is -0.829. The third-order valence-electron chi connectivity index (χ3n) is 4.53. The third-order valence-corrected chi connectivity index (χ3v) is 4.53. The van der Waals surface area contributed by atoms with E-state index >= 15 is 0 Å². The van der Waals surface area contributed by atoms with Gasteiger partial charge in [0.2, 0.25) is 5.91 Å². The molecule has 1 aliphatic heterocycles. The van der Waals surface area contributed by atoms with Crippen LogP contribution in [0.5, 0.6) is 0 Å². The highest BCUT2D eigenvalue weighted by Gasteiger charge is 2.36. The van der Waals surface area contributed by atoms with Crippen LogP contribution in [-0.2, 0) is 20.7 Å². The van der Waals surface area contributed by atoms with Crippen molar-refractivity contribution in [3.05, 3.63) is 65.7 Å². The highest BCUT2D eigenvalue weighted by molar-refractivity contribution is 6.02. The van der Waals surface area contributed by atoms with Crippen LogP contribution in [0.2, 0.25) is 0 Å². The van der Waals surface area contributed by atoms with Crippen LogP contribution in [0.25, 0.3) is 0 Å². The van der Waals surface area contributed by atoms with Crippen LogP contribution < -0.4 is 10.6 Å². The van der Waals surface area contributed by atoms with Crippen LogP contribution in [0.3, 0.4) is 0 Å². The van der Waals surface area contributed by atoms with Gasteiger partial charge in [0.25, 0.3) is 0 Å². The summed E-state index contributed by atoms with van der Waals surface area (Å²) < 4.78 is 5.02. The van der Waals surface area contributed by atoms with E-state index in [9.17, 15) is 9.59 Å². The second-order valence-electron chi connectivity index (χ2n) is 6.11. The second-order valence-corrected chi connectivity index (χ2v) is 6.11. The number of esters is 1. The number of ether oxygens (including phenoxy) is 1. The predicted octanol–water partition coefficient (Wildman–Crippen LogP) is 2.25. The van der Waals surface area contributed by atoms with Gasteiger partial charge in [0, 0.05) is 11.6 Å². The molecule has 5 nitrogen and oxygen atoms in total. The number of amides is 1. The molecule has 0 fully saturated rings. The van der Waals surface area contributed by atoms with Gasteiger partial charge in [-0.2, -0.15) is 0 Å². The van der Waals surface area contributed by atoms with E-state index < -0.39 is 12.0 Å². The molecule has 5 heteroatoms. The summed E-state index contributed by atoms with van der Waals surface area (Å²) in [6, 6.07) is 16.7. The number of nitrogens with zero attached hydrogens (tertiary/aromatic N) is 1. The summed E-state index contributed by atoms with van der Waals surface area (Å²) >= 11 is 0. The summed E-state index contributed by atoms with van der Waals surface area (Å²) in [4.78, 5) is 26.5. The lowest BCUT2D eigenvalue weighted by molar-refractivity contribution is -0.142. The molecule has 3 rings (SSSR count). The van der Waals surface area contributed by atoms with Crippen molar-refractivity contribution in [1.82, 2.24) is 0 Å². The lowest BCUT2D eigenvalue weighted by Gasteiger charge is -2.25. The van der Waals surface area contributed by atoms with E-state index in [2.05, 4.69) is 0 Å². The van der Waals surface area contributed by atoms with Gasteiger partial charge in [0.1, 0.15) is 6.54 Å². The molecule has 2 aromatic carbocycles. The molecule has 0 spiro atoms. The minimum Gasteiger partial charge on any atom is -0.465 e. The van der Waals surface area contributed by atoms with Crippen molar-refractivity contribution in [2.45, 2.75) is 25.3 Å². The molecule has 0 radical (unpaired) electrons. The monoisotopic (exact) mass is 338 g/mol. The Kier molecular flexibility index (Phi) is 5.14. The number of nitrogens with two attached hydrogens (primary N) is 1. The molecule has 2 atom stereocenters. The van der Waals surface area contributed by atoms with Crippen molar-refractivity contribution in [3.63, 3.8) is 0 Å². The molecule has 1 amide bonds. The maximum Gasteiger partial charge on any atom is 0.326 e. The zero-order chi connectivity index (χ0) is 17.8. The molecule has 0 aliphatic carbocycles. The fraction of sp³-hybridized carbons (Fsp3) is 0.300. The third kappa shape index (κ3) is 3.56. The molecule has 1 heterocycles. The Labute approximate surface area is 147 Å². The fourth-order valence-electron chi connectivity index (χ4n) is 3.31. The Morgan fingerprint density at radius 3 is 2.56 bits per heavy atom. The van der Waals surface area contributed by atoms with Crippen molar-refractivity contribution in [2.24, 2.45) is 5.73 Å². The van der Waals surface area contributed by atoms with Gasteiger partial charge in [0.05, 0.1) is 12.6 Å². The zero-order valence-electron chi connectivity index (χ0n) is 14.2. The van der Waals surface area contributed by atoms with E-state index in [0.717, 1.165) is 16.8 Å². The Morgan fingerprint density at radius 2 is 1.84 bits per heavy atom. The number of carbonyl (C=O) groups excluding carboxylic acids is 2. The predicted molar refractivity (Wildman–Crippen MR) is 96.3 cm³/mol. The molecule has 0 unspecified atom stereocenters. The average molecular weight is 338 g/mol. The first kappa shape index (κ1) is 17.2. The molecule has 2 N–H and O–H groups in total. The first-order chi connectivity index (χ1) is 12.1. The van der Waals surface area contributed by atoms with E-state index in [-0.39, 0.29) is 25.0 Å². The van der Waals surface area contributed by atoms with Crippen molar-refractivity contribution in [1.29, 1.82) is 0 Å². The molecule has 0 bridgehead atoms. The Balaban J connectivity index is 2.00. The summed E-state index contributed by atoms with van der Waals surface area (Å²) in [6.07, 6.45) is 0.645. The van der Waals surface area contributed by atoms with E-state index in [4.69, 9.17) is 10.5 Å². The zero-order valence-corrected chi connectivity index (χ0v) is 14.2. The minimum absolute atomic E-state index is 0.126. The van der Waals surface area contributed by atoms with E-state index in [1.54, 1.807) is 6.92 Å². The van der Waals surface area contributed by atoms with E-state index in [1.165, 1.54) is 4.90 Å². The average Bonchev–Trinajstić information content (AvgIpc) is 2.73. The van der Waals surface area contributed by atoms with Crippen LogP contribution in [0.1, 0.15) is 24.0 Å². The standard InChI is InChI=1S/C20H22N2O3/c1-2-25-18(23)13-22-17-11-7-6-10-15(17)12-16(19(21)20(22)24)14-8-4-3-5-9-14/h3-11,16,19H,2,12-13,21H2,1H3/t16-,19+/m0/s1. The summed E-state index contributed by atoms with van der Waals surface area (Å²) in [7, 11) is 0. The van der Waals surface area contributed by atoms with E-state index in [1.807, 2.05) is 54.6 Å². The number of anilines is 1. The molecular weight excluding hydrogens is 316 g/mol. The number of carbonyl (C=O) groups is 2. The van der Waals surface area contributed by atoms with Crippen LogP contribution in [0, 0.1) is 0 Å². The van der Waals surface area contributed by atoms with Crippen LogP contribution in [-0.4, -0.2) is 31.1 Å². The molecule has 0 aromatic heterocycles. The van der Waals surface area contributed by atoms with Gasteiger partial charge in [-0.1, -0.05) is 48.5 Å². The Hall–Kier alpha value is -2.66. The Bertz CT molecular complexity index is 761. The maximum absolute atomic E-state index is 13.0. The van der Waals surface area contributed by atoms with Crippen LogP contribution in [0.4, 0.5) is 5.69 Å². The van der Waals surface area contributed by atoms with Gasteiger partial charge in [-0.15, -0.1) is 0 Å². The SMILES string of the molecule is CCOC(=O)CN1C(=O)[C@H](N)[C@H](c2ccccc2)Cc2ccccc21. The van der Waals surface area contributed by atoms with Crippen molar-refractivity contribution < 1.29 is 14.3 Å². The molecular formula is C20H22N2O3. The van der Waals surface area contributed by atoms with E-state index in [0.29, 0.717) is 6.42 Å². The fourth-order valence-corrected chi connectivity index (χ4v) is 3.31. The number of hydrogen-bond donors (Lipinski definition) is 1. The minimum atomic E-state index is -0.718. The number of rotatable bonds is 4. The van der Waals surface area contributed by atoms with Crippen molar-refractivity contribution >= 4 is 17.6 Å². The molecule has 0 saturated carbocycles. The topological polar surface area (TPSA) is 72.6 Å². The number of para-hydroxylation sites is 1. The molecule has 25 heavy (non-hydrogen) atoms. The quantitative estimate of drug-likeness (QED) is 0.868. The van der Waals surface area contributed by atoms with Gasteiger partial charge in [-0.3, -0.25) is 14.5 Å². The number of benzene rings is 2. The van der Waals surface area contributed by atoms with Gasteiger partial charge in [-0.05, 0) is 30.5 Å². The lowest BCUT2D eigenvalue weighted by Crippen LogP contribution is -2.48. The first-order valence-electron chi connectivity index (χ1n) is 8.47. The second kappa shape index (κ2) is 7.49. The summed E-state index contributed by atoms with van der Waals surface area (Å²) in [5.41, 5.74) is 9.09. The molecule has 2 aromatic rings. The van der Waals surface area contributed by atoms with Gasteiger partial charge < -0.3 is 10.5 Å². The molecule has 0 saturated heterocycles. The number of hydrogen-bond acceptors (Lipinski definition) is 4. The van der Waals surface area contributed by atoms with Crippen LogP contribution in [0.15, 0.2) is 54.6 Å². The number of fused-ring (bicyclic) bond motifs is 1. The van der Waals surface area contributed by atoms with Crippen molar-refractivity contribution in [2.75, 3.05) is 18.1 Å². The first-order valence-corrected chi connectivity index (χ1v) is 8.47. The normalized spacial score (nSPS) is 19.9. The largest absolute Gasteiger partial charge is 0.465 e. The van der Waals surface area contributed by atoms with Gasteiger partial charge in [-0.25, -0.2) is 0 Å². The highest BCUT2D eigenvalue weighted by Crippen LogP contribution is 2.34. The Morgan fingerprint density at radius 1 is 1.16 bits per heavy atom. The molecule has 1 aliphatic rings. The lowest BCUT2D eigenvalue weighted by atomic mass is 9.87. The van der Waals surface area contributed by atoms with Crippen molar-refractivity contribution in [3.8, 4) is 0 Å². The molecule has 130 valence electrons.